The Bertz CT molecular complexity index is 359. The van der Waals surface area contributed by atoms with Crippen LogP contribution in [-0.2, 0) is 9.47 Å². The number of nitrogens with one attached hydrogen (secondary N) is 1. The number of aliphatic hydroxyl groups is 5. The van der Waals surface area contributed by atoms with Gasteiger partial charge >= 0.3 is 0 Å². The fraction of sp³-hybridized carbons (Fsp3) is 1.00. The third-order valence-electron chi connectivity index (χ3n) is 4.89. The summed E-state index contributed by atoms with van der Waals surface area (Å²) in [6, 6.07) is 0. The predicted molar refractivity (Wildman–Crippen MR) is 101 cm³/mol. The van der Waals surface area contributed by atoms with Gasteiger partial charge in [-0.1, -0.05) is 51.9 Å². The van der Waals surface area contributed by atoms with Crippen molar-refractivity contribution in [1.29, 1.82) is 0 Å². The van der Waals surface area contributed by atoms with Crippen molar-refractivity contribution in [3.63, 3.8) is 0 Å². The van der Waals surface area contributed by atoms with Gasteiger partial charge in [0.25, 0.3) is 0 Å². The molecule has 6 atom stereocenters. The molecule has 6 N–H and O–H groups in total. The Morgan fingerprint density at radius 3 is 2.19 bits per heavy atom. The summed E-state index contributed by atoms with van der Waals surface area (Å²) in [4.78, 5) is 0. The molecule has 1 aliphatic rings. The van der Waals surface area contributed by atoms with E-state index in [1.165, 1.54) is 44.9 Å². The van der Waals surface area contributed by atoms with Crippen molar-refractivity contribution in [3.8, 4) is 0 Å². The summed E-state index contributed by atoms with van der Waals surface area (Å²) in [5, 5.41) is 51.5. The summed E-state index contributed by atoms with van der Waals surface area (Å²) >= 11 is 0. The molecule has 0 saturated carbocycles. The Kier molecular flexibility index (Phi) is 13.4. The molecule has 1 rings (SSSR count). The normalized spacial score (nSPS) is 29.8. The van der Waals surface area contributed by atoms with Crippen LogP contribution in [-0.4, -0.2) is 88.6 Å². The van der Waals surface area contributed by atoms with Crippen molar-refractivity contribution >= 4 is 0 Å². The lowest BCUT2D eigenvalue weighted by atomic mass is 9.99. The first-order chi connectivity index (χ1) is 13.0. The molecule has 8 nitrogen and oxygen atoms in total. The molecular formula is C19H39NO7. The minimum Gasteiger partial charge on any atom is -0.394 e. The number of rotatable bonds is 15. The second-order valence-corrected chi connectivity index (χ2v) is 7.36. The fourth-order valence-electron chi connectivity index (χ4n) is 3.12. The van der Waals surface area contributed by atoms with Gasteiger partial charge in [-0.2, -0.15) is 0 Å². The Labute approximate surface area is 162 Å². The second-order valence-electron chi connectivity index (χ2n) is 7.36. The molecule has 0 spiro atoms. The van der Waals surface area contributed by atoms with E-state index in [9.17, 15) is 20.4 Å². The maximum Gasteiger partial charge on any atom is 0.186 e. The third-order valence-corrected chi connectivity index (χ3v) is 4.89. The Hall–Kier alpha value is -0.320. The van der Waals surface area contributed by atoms with Gasteiger partial charge in [-0.05, 0) is 13.0 Å². The minimum atomic E-state index is -1.47. The van der Waals surface area contributed by atoms with Gasteiger partial charge in [-0.15, -0.1) is 0 Å². The Balaban J connectivity index is 2.06. The van der Waals surface area contributed by atoms with E-state index in [2.05, 4.69) is 12.2 Å². The Morgan fingerprint density at radius 2 is 1.56 bits per heavy atom. The number of aliphatic hydroxyl groups excluding tert-OH is 5. The molecule has 8 heteroatoms. The van der Waals surface area contributed by atoms with Gasteiger partial charge < -0.3 is 40.3 Å². The average Bonchev–Trinajstić information content (AvgIpc) is 2.67. The summed E-state index contributed by atoms with van der Waals surface area (Å²) in [6.07, 6.45) is 2.68. The molecule has 0 radical (unpaired) electrons. The quantitative estimate of drug-likeness (QED) is 0.213. The van der Waals surface area contributed by atoms with Crippen molar-refractivity contribution in [3.05, 3.63) is 0 Å². The number of ether oxygens (including phenoxy) is 2. The van der Waals surface area contributed by atoms with Crippen LogP contribution in [0, 0.1) is 0 Å². The van der Waals surface area contributed by atoms with Crippen LogP contribution < -0.4 is 5.32 Å². The summed E-state index contributed by atoms with van der Waals surface area (Å²) in [7, 11) is 0. The van der Waals surface area contributed by atoms with Crippen molar-refractivity contribution < 1.29 is 35.0 Å². The molecule has 1 unspecified atom stereocenters. The van der Waals surface area contributed by atoms with Gasteiger partial charge in [0.05, 0.1) is 19.3 Å². The van der Waals surface area contributed by atoms with Gasteiger partial charge in [0.2, 0.25) is 0 Å². The van der Waals surface area contributed by atoms with E-state index in [4.69, 9.17) is 14.6 Å². The summed E-state index contributed by atoms with van der Waals surface area (Å²) in [5.74, 6) is 0. The van der Waals surface area contributed by atoms with Crippen LogP contribution in [0.15, 0.2) is 0 Å². The maximum absolute atomic E-state index is 9.94. The van der Waals surface area contributed by atoms with Crippen LogP contribution in [0.4, 0.5) is 0 Å². The lowest BCUT2D eigenvalue weighted by Crippen LogP contribution is -2.59. The van der Waals surface area contributed by atoms with Gasteiger partial charge in [0.15, 0.2) is 6.29 Å². The molecule has 0 amide bonds. The SMILES string of the molecule is CCCCCCCCCCNCC(O)CO[C@H]1O[C@H](CO)[C@H](O)[C@H](O)[C@H]1O. The average molecular weight is 394 g/mol. The second kappa shape index (κ2) is 14.6. The van der Waals surface area contributed by atoms with Crippen LogP contribution in [0.3, 0.4) is 0 Å². The van der Waals surface area contributed by atoms with E-state index in [0.29, 0.717) is 6.54 Å². The van der Waals surface area contributed by atoms with E-state index >= 15 is 0 Å². The van der Waals surface area contributed by atoms with Crippen molar-refractivity contribution in [2.24, 2.45) is 0 Å². The summed E-state index contributed by atoms with van der Waals surface area (Å²) in [5.41, 5.74) is 0. The fourth-order valence-corrected chi connectivity index (χ4v) is 3.12. The monoisotopic (exact) mass is 393 g/mol. The number of hydrogen-bond donors (Lipinski definition) is 6. The van der Waals surface area contributed by atoms with Crippen LogP contribution in [0.25, 0.3) is 0 Å². The molecule has 0 aromatic carbocycles. The lowest BCUT2D eigenvalue weighted by molar-refractivity contribution is -0.304. The highest BCUT2D eigenvalue weighted by atomic mass is 16.7. The topological polar surface area (TPSA) is 132 Å². The molecule has 0 aromatic heterocycles. The highest BCUT2D eigenvalue weighted by Crippen LogP contribution is 2.22. The van der Waals surface area contributed by atoms with E-state index in [1.807, 2.05) is 0 Å². The first kappa shape index (κ1) is 24.7. The summed E-state index contributed by atoms with van der Waals surface area (Å²) < 4.78 is 10.5. The molecule has 1 heterocycles. The largest absolute Gasteiger partial charge is 0.394 e. The molecule has 1 aliphatic heterocycles. The number of hydrogen-bond acceptors (Lipinski definition) is 8. The van der Waals surface area contributed by atoms with Crippen molar-refractivity contribution in [1.82, 2.24) is 5.32 Å². The number of unbranched alkanes of at least 4 members (excludes halogenated alkanes) is 7. The van der Waals surface area contributed by atoms with Gasteiger partial charge in [0.1, 0.15) is 24.4 Å². The molecular weight excluding hydrogens is 354 g/mol. The first-order valence-electron chi connectivity index (χ1n) is 10.3. The zero-order chi connectivity index (χ0) is 20.1. The van der Waals surface area contributed by atoms with Crippen molar-refractivity contribution in [2.75, 3.05) is 26.3 Å². The maximum atomic E-state index is 9.94. The van der Waals surface area contributed by atoms with Crippen LogP contribution in [0.5, 0.6) is 0 Å². The smallest absolute Gasteiger partial charge is 0.186 e. The first-order valence-corrected chi connectivity index (χ1v) is 10.3. The van der Waals surface area contributed by atoms with Crippen LogP contribution in [0.2, 0.25) is 0 Å². The lowest BCUT2D eigenvalue weighted by Gasteiger charge is -2.39. The van der Waals surface area contributed by atoms with Crippen LogP contribution >= 0.6 is 0 Å². The predicted octanol–water partition coefficient (Wildman–Crippen LogP) is -0.106. The zero-order valence-corrected chi connectivity index (χ0v) is 16.5. The molecule has 27 heavy (non-hydrogen) atoms. The van der Waals surface area contributed by atoms with E-state index < -0.39 is 43.4 Å². The van der Waals surface area contributed by atoms with Gasteiger partial charge in [-0.25, -0.2) is 0 Å². The summed E-state index contributed by atoms with van der Waals surface area (Å²) in [6.45, 7) is 2.80. The minimum absolute atomic E-state index is 0.0902. The highest BCUT2D eigenvalue weighted by molar-refractivity contribution is 4.88. The van der Waals surface area contributed by atoms with Gasteiger partial charge in [-0.3, -0.25) is 0 Å². The van der Waals surface area contributed by atoms with Crippen LogP contribution in [0.1, 0.15) is 58.3 Å². The van der Waals surface area contributed by atoms with E-state index in [0.717, 1.165) is 13.0 Å². The van der Waals surface area contributed by atoms with Crippen molar-refractivity contribution in [2.45, 2.75) is 95.1 Å². The molecule has 0 aromatic rings. The zero-order valence-electron chi connectivity index (χ0n) is 16.5. The Morgan fingerprint density at radius 1 is 0.926 bits per heavy atom. The van der Waals surface area contributed by atoms with Gasteiger partial charge in [0, 0.05) is 6.54 Å². The highest BCUT2D eigenvalue weighted by Gasteiger charge is 2.44. The molecule has 1 saturated heterocycles. The molecule has 0 bridgehead atoms. The van der Waals surface area contributed by atoms with E-state index in [1.54, 1.807) is 0 Å². The molecule has 162 valence electrons. The molecule has 1 fully saturated rings. The molecule has 0 aliphatic carbocycles. The third kappa shape index (κ3) is 9.62. The standard InChI is InChI=1S/C19H39NO7/c1-2-3-4-5-6-7-8-9-10-20-11-14(22)13-26-19-18(25)17(24)16(23)15(12-21)27-19/h14-25H,2-13H2,1H3/t14?,15-,16+,17+,18-,19+/m1/s1. The van der Waals surface area contributed by atoms with E-state index in [-0.39, 0.29) is 6.61 Å².